The van der Waals surface area contributed by atoms with Crippen molar-refractivity contribution < 1.29 is 47.9 Å². The number of primary amides is 5. The standard InChI is InChI=1S/2C18H23N7O2.C17H22N8O2.C17H21N7O2.C16H20N8O2/c1-4-15(26)25-8-6-13(11-25)24(3)14-9-20-16(17(19)27)18(22-14)21-12-5-7-23(2)10-12;1-4-15(26)25-8-6-13(11(25)2)22-14-9-20-16(17(19)27)18(23-14)21-12-5-7-24(3)10-12;1-4-13(26)25-8-6-12(10-25)24(3)17-20-16(14(15(18)27)21-22-17)19-11-5-7-23(2)9-11;1-3-14(25)24-7-5-12(10-24)20-13-8-19-15(16(18)26)17(22-13)21-11-4-6-23(2)9-11;1-3-12(25)24-7-5-11(9-24)19-16-20-15(13(14(17)26)21-22-16)18-10-4-6-23(2)8-10/h4-5,7,9-10,13H,1,6,8,11H2,2-3H3,(H2,19,27)(H,21,22);4-5,7,9-11,13H,1,6,8H2,2-3H3,(H2,19,27)(H2,21,22,23);4-5,7,9,12H,1,6,8,10H2,2-3H3,(H2,18,27)(H,19,20,22);3-4,6,8-9,12H,1,5,7,10H2,2H3,(H2,18,26)(H2,20,21,22);3-4,6,8,11H,1,5,7,9H2,2H3,(H2,17,26)(H2,18,19,20,22)/t13-;11-,13-;2*12-;11-/m11111/s1. The maximum absolute atomic E-state index is 11.9. The molecule has 698 valence electrons. The van der Waals surface area contributed by atoms with Crippen molar-refractivity contribution in [2.75, 3.05) is 125 Å². The molecule has 15 heterocycles. The van der Waals surface area contributed by atoms with Crippen molar-refractivity contribution in [1.82, 2.24) is 108 Å². The molecule has 5 aliphatic rings. The quantitative estimate of drug-likeness (QED) is 0.0286. The number of nitrogens with one attached hydrogen (secondary N) is 8. The summed E-state index contributed by atoms with van der Waals surface area (Å²) in [6.45, 7) is 25.0. The van der Waals surface area contributed by atoms with E-state index in [0.717, 1.165) is 60.5 Å². The lowest BCUT2D eigenvalue weighted by molar-refractivity contribution is -0.127. The van der Waals surface area contributed by atoms with Crippen molar-refractivity contribution in [2.45, 2.75) is 75.3 Å². The highest BCUT2D eigenvalue weighted by Gasteiger charge is 2.36. The molecule has 0 spiro atoms. The van der Waals surface area contributed by atoms with Crippen LogP contribution < -0.4 is 81.0 Å². The monoisotopic (exact) mass is 1820 g/mol. The third kappa shape index (κ3) is 25.5. The van der Waals surface area contributed by atoms with E-state index in [1.54, 1.807) is 24.5 Å². The van der Waals surface area contributed by atoms with Gasteiger partial charge >= 0.3 is 0 Å². The Bertz CT molecular complexity index is 5690. The summed E-state index contributed by atoms with van der Waals surface area (Å²) in [7, 11) is 13.2. The number of rotatable bonds is 30. The molecule has 0 aliphatic carbocycles. The Morgan fingerprint density at radius 2 is 0.714 bits per heavy atom. The van der Waals surface area contributed by atoms with Gasteiger partial charge in [0, 0.05) is 200 Å². The van der Waals surface area contributed by atoms with Gasteiger partial charge in [-0.15, -0.1) is 20.4 Å². The van der Waals surface area contributed by atoms with Crippen LogP contribution in [0.15, 0.2) is 174 Å². The first-order chi connectivity index (χ1) is 63.6. The predicted octanol–water partition coefficient (Wildman–Crippen LogP) is 3.51. The minimum absolute atomic E-state index is 0.00953. The zero-order valence-corrected chi connectivity index (χ0v) is 74.9. The molecule has 0 bridgehead atoms. The number of carbonyl (C=O) groups excluding carboxylic acids is 10. The van der Waals surface area contributed by atoms with E-state index in [-0.39, 0.29) is 123 Å². The second kappa shape index (κ2) is 44.2. The fourth-order valence-corrected chi connectivity index (χ4v) is 14.9. The Morgan fingerprint density at radius 3 is 1.10 bits per heavy atom. The molecule has 6 atom stereocenters. The number of amides is 10. The first-order valence-electron chi connectivity index (χ1n) is 42.0. The van der Waals surface area contributed by atoms with Crippen LogP contribution in [0, 0.1) is 0 Å². The number of aryl methyl sites for hydroxylation is 5. The normalized spacial score (nSPS) is 16.8. The molecule has 10 aromatic rings. The Hall–Kier alpha value is -16.9. The molecule has 47 heteroatoms. The summed E-state index contributed by atoms with van der Waals surface area (Å²) in [4.78, 5) is 164. The van der Waals surface area contributed by atoms with Crippen LogP contribution in [0.3, 0.4) is 0 Å². The van der Waals surface area contributed by atoms with Gasteiger partial charge in [-0.3, -0.25) is 47.9 Å². The molecular formula is C86H109N37O10. The summed E-state index contributed by atoms with van der Waals surface area (Å²) >= 11 is 0. The molecule has 5 aliphatic heterocycles. The van der Waals surface area contributed by atoms with Gasteiger partial charge in [-0.1, -0.05) is 32.9 Å². The van der Waals surface area contributed by atoms with Crippen molar-refractivity contribution in [3.63, 3.8) is 0 Å². The van der Waals surface area contributed by atoms with Crippen LogP contribution in [0.1, 0.15) is 91.5 Å². The Balaban J connectivity index is 0.000000160. The number of nitrogens with two attached hydrogens (primary N) is 5. The highest BCUT2D eigenvalue weighted by atomic mass is 16.2. The summed E-state index contributed by atoms with van der Waals surface area (Å²) in [6.07, 6.45) is 33.5. The fraction of sp³-hybridized carbons (Fsp3) is 0.326. The molecule has 47 nitrogen and oxygen atoms in total. The van der Waals surface area contributed by atoms with Crippen LogP contribution in [0.25, 0.3) is 0 Å². The minimum Gasteiger partial charge on any atom is -0.364 e. The maximum Gasteiger partial charge on any atom is 0.273 e. The summed E-state index contributed by atoms with van der Waals surface area (Å²) in [5, 5.41) is 40.8. The first kappa shape index (κ1) is 96.7. The smallest absolute Gasteiger partial charge is 0.273 e. The third-order valence-electron chi connectivity index (χ3n) is 22.0. The minimum atomic E-state index is -0.724. The molecule has 18 N–H and O–H groups in total. The van der Waals surface area contributed by atoms with Crippen molar-refractivity contribution in [1.29, 1.82) is 0 Å². The summed E-state index contributed by atoms with van der Waals surface area (Å²) in [5.41, 5.74) is 30.9. The van der Waals surface area contributed by atoms with Crippen molar-refractivity contribution in [3.8, 4) is 0 Å². The van der Waals surface area contributed by atoms with E-state index in [4.69, 9.17) is 28.7 Å². The lowest BCUT2D eigenvalue weighted by Gasteiger charge is -2.26. The van der Waals surface area contributed by atoms with Gasteiger partial charge in [0.1, 0.15) is 17.5 Å². The number of likely N-dealkylation sites (tertiary alicyclic amines) is 5. The molecule has 0 aromatic carbocycles. The largest absolute Gasteiger partial charge is 0.364 e. The van der Waals surface area contributed by atoms with Gasteiger partial charge in [-0.25, -0.2) is 29.9 Å². The molecule has 0 saturated carbocycles. The number of aromatic nitrogens is 17. The zero-order chi connectivity index (χ0) is 96.0. The molecule has 0 unspecified atom stereocenters. The molecule has 0 radical (unpaired) electrons. The molecule has 10 aromatic heterocycles. The third-order valence-corrected chi connectivity index (χ3v) is 22.0. The van der Waals surface area contributed by atoms with Crippen LogP contribution in [-0.4, -0.2) is 276 Å². The highest BCUT2D eigenvalue weighted by molar-refractivity contribution is 6.00. The van der Waals surface area contributed by atoms with Gasteiger partial charge in [-0.2, -0.15) is 9.97 Å². The van der Waals surface area contributed by atoms with Gasteiger partial charge in [-0.05, 0) is 99.7 Å². The van der Waals surface area contributed by atoms with E-state index >= 15 is 0 Å². The molecule has 5 fully saturated rings. The van der Waals surface area contributed by atoms with Gasteiger partial charge in [0.15, 0.2) is 57.6 Å². The number of nitrogens with zero attached hydrogens (tertiary/aromatic N) is 24. The van der Waals surface area contributed by atoms with E-state index in [1.807, 2.05) is 181 Å². The van der Waals surface area contributed by atoms with Crippen LogP contribution >= 0.6 is 0 Å². The van der Waals surface area contributed by atoms with E-state index in [0.29, 0.717) is 88.1 Å². The number of carbonyl (C=O) groups is 10. The molecule has 15 rings (SSSR count). The number of hydrogen-bond donors (Lipinski definition) is 13. The lowest BCUT2D eigenvalue weighted by atomic mass is 10.1. The number of anilines is 15. The number of likely N-dealkylation sites (N-methyl/N-ethyl adjacent to an activating group) is 2. The fourth-order valence-electron chi connectivity index (χ4n) is 14.9. The number of hydrogen-bond acceptors (Lipinski definition) is 32. The van der Waals surface area contributed by atoms with Gasteiger partial charge in [0.2, 0.25) is 41.4 Å². The average Bonchev–Trinajstić information content (AvgIpc) is 1.68. The molecule has 10 amide bonds. The molecule has 133 heavy (non-hydrogen) atoms. The van der Waals surface area contributed by atoms with E-state index < -0.39 is 29.5 Å². The van der Waals surface area contributed by atoms with Crippen molar-refractivity contribution >= 4 is 146 Å². The predicted molar refractivity (Wildman–Crippen MR) is 500 cm³/mol. The first-order valence-corrected chi connectivity index (χ1v) is 42.0. The molecule has 5 saturated heterocycles. The summed E-state index contributed by atoms with van der Waals surface area (Å²) in [5.74, 6) is -0.348. The van der Waals surface area contributed by atoms with E-state index in [9.17, 15) is 47.9 Å². The van der Waals surface area contributed by atoms with Crippen LogP contribution in [0.5, 0.6) is 0 Å². The topological polar surface area (TPSA) is 599 Å². The van der Waals surface area contributed by atoms with E-state index in [1.165, 1.54) is 49.0 Å². The van der Waals surface area contributed by atoms with Crippen LogP contribution in [0.4, 0.5) is 86.9 Å². The van der Waals surface area contributed by atoms with Gasteiger partial charge in [0.25, 0.3) is 29.5 Å². The molecular weight excluding hydrogens is 1710 g/mol. The SMILES string of the molecule is C=CC(=O)N1CC[C@@H](N(C)c2cnc(C(N)=O)c(Nc3ccn(C)c3)n2)C1.C=CC(=O)N1CC[C@@H](N(C)c2nnc(C(N)=O)c(Nc3ccn(C)c3)n2)C1.C=CC(=O)N1CC[C@@H](Nc2cnc(C(N)=O)c(Nc3ccn(C)c3)n2)C1.C=CC(=O)N1CC[C@@H](Nc2cnc(C(N)=O)c(Nc3ccn(C)c3)n2)[C@H]1C.C=CC(=O)N1CC[C@@H](Nc2nnc(C(N)=O)c(Nc3ccn(C)c3)n2)C1. The summed E-state index contributed by atoms with van der Waals surface area (Å²) < 4.78 is 9.32. The average molecular weight is 1820 g/mol. The Labute approximate surface area is 765 Å². The Kier molecular flexibility index (Phi) is 32.1. The summed E-state index contributed by atoms with van der Waals surface area (Å²) in [6, 6.07) is 9.42. The second-order valence-corrected chi connectivity index (χ2v) is 31.6. The van der Waals surface area contributed by atoms with Crippen LogP contribution in [-0.2, 0) is 59.2 Å². The lowest BCUT2D eigenvalue weighted by Crippen LogP contribution is -2.39. The second-order valence-electron chi connectivity index (χ2n) is 31.6. The van der Waals surface area contributed by atoms with Crippen molar-refractivity contribution in [3.05, 3.63) is 203 Å². The van der Waals surface area contributed by atoms with Crippen LogP contribution in [0.2, 0.25) is 0 Å². The zero-order valence-electron chi connectivity index (χ0n) is 74.9. The van der Waals surface area contributed by atoms with Crippen molar-refractivity contribution in [2.24, 2.45) is 63.9 Å². The van der Waals surface area contributed by atoms with E-state index in [2.05, 4.69) is 136 Å². The van der Waals surface area contributed by atoms with Gasteiger partial charge < -0.3 is 128 Å². The Morgan fingerprint density at radius 1 is 0.376 bits per heavy atom. The van der Waals surface area contributed by atoms with Gasteiger partial charge in [0.05, 0.1) is 53.1 Å². The maximum atomic E-state index is 11.9. The highest BCUT2D eigenvalue weighted by Crippen LogP contribution is 2.31.